The Morgan fingerprint density at radius 2 is 2.26 bits per heavy atom. The average Bonchev–Trinajstić information content (AvgIpc) is 2.79. The predicted molar refractivity (Wildman–Crippen MR) is 85.6 cm³/mol. The zero-order valence-electron chi connectivity index (χ0n) is 13.5. The molecule has 126 valence electrons. The van der Waals surface area contributed by atoms with Gasteiger partial charge in [0.2, 0.25) is 0 Å². The van der Waals surface area contributed by atoms with Gasteiger partial charge in [0, 0.05) is 19.6 Å². The zero-order valence-corrected chi connectivity index (χ0v) is 13.5. The topological polar surface area (TPSA) is 60.0 Å². The van der Waals surface area contributed by atoms with E-state index in [0.717, 1.165) is 17.9 Å². The maximum Gasteiger partial charge on any atom is 0.260 e. The molecule has 2 aliphatic heterocycles. The second-order valence-corrected chi connectivity index (χ2v) is 6.13. The lowest BCUT2D eigenvalue weighted by Crippen LogP contribution is -2.60. The van der Waals surface area contributed by atoms with Crippen molar-refractivity contribution >= 4 is 5.91 Å². The van der Waals surface area contributed by atoms with E-state index in [1.54, 1.807) is 0 Å². The average molecular weight is 320 g/mol. The second kappa shape index (κ2) is 7.29. The SMILES string of the molecule is Cc1ccccc1OCC(=O)N1CCO[C@@]2(CNCCOC2)C1. The van der Waals surface area contributed by atoms with Gasteiger partial charge in [-0.05, 0) is 18.6 Å². The molecule has 0 bridgehead atoms. The van der Waals surface area contributed by atoms with Crippen LogP contribution < -0.4 is 10.1 Å². The molecule has 2 aliphatic rings. The van der Waals surface area contributed by atoms with Crippen molar-refractivity contribution < 1.29 is 19.0 Å². The minimum Gasteiger partial charge on any atom is -0.484 e. The molecule has 0 aromatic heterocycles. The minimum absolute atomic E-state index is 0.0137. The molecular weight excluding hydrogens is 296 g/mol. The summed E-state index contributed by atoms with van der Waals surface area (Å²) in [5, 5.41) is 3.31. The molecule has 2 saturated heterocycles. The van der Waals surface area contributed by atoms with Gasteiger partial charge in [0.05, 0.1) is 26.4 Å². The van der Waals surface area contributed by atoms with Crippen molar-refractivity contribution in [2.45, 2.75) is 12.5 Å². The van der Waals surface area contributed by atoms with Crippen molar-refractivity contribution in [3.8, 4) is 5.75 Å². The number of amides is 1. The number of hydrogen-bond donors (Lipinski definition) is 1. The number of para-hydroxylation sites is 1. The number of nitrogens with one attached hydrogen (secondary N) is 1. The number of aryl methyl sites for hydroxylation is 1. The number of rotatable bonds is 3. The second-order valence-electron chi connectivity index (χ2n) is 6.13. The van der Waals surface area contributed by atoms with E-state index >= 15 is 0 Å². The van der Waals surface area contributed by atoms with Crippen LogP contribution in [-0.2, 0) is 14.3 Å². The maximum absolute atomic E-state index is 12.5. The highest BCUT2D eigenvalue weighted by Gasteiger charge is 2.39. The molecule has 1 N–H and O–H groups in total. The fourth-order valence-corrected chi connectivity index (χ4v) is 2.97. The highest BCUT2D eigenvalue weighted by Crippen LogP contribution is 2.21. The number of benzene rings is 1. The van der Waals surface area contributed by atoms with Gasteiger partial charge in [0.25, 0.3) is 5.91 Å². The monoisotopic (exact) mass is 320 g/mol. The van der Waals surface area contributed by atoms with Gasteiger partial charge in [-0.1, -0.05) is 18.2 Å². The van der Waals surface area contributed by atoms with Gasteiger partial charge in [-0.15, -0.1) is 0 Å². The molecule has 0 saturated carbocycles. The summed E-state index contributed by atoms with van der Waals surface area (Å²) in [6, 6.07) is 7.71. The zero-order chi connectivity index (χ0) is 16.1. The third-order valence-corrected chi connectivity index (χ3v) is 4.28. The van der Waals surface area contributed by atoms with Crippen molar-refractivity contribution in [2.75, 3.05) is 52.6 Å². The van der Waals surface area contributed by atoms with Gasteiger partial charge in [-0.25, -0.2) is 0 Å². The lowest BCUT2D eigenvalue weighted by Gasteiger charge is -2.41. The van der Waals surface area contributed by atoms with E-state index in [9.17, 15) is 4.79 Å². The summed E-state index contributed by atoms with van der Waals surface area (Å²) >= 11 is 0. The number of ether oxygens (including phenoxy) is 3. The molecule has 2 fully saturated rings. The van der Waals surface area contributed by atoms with Crippen LogP contribution >= 0.6 is 0 Å². The van der Waals surface area contributed by atoms with Gasteiger partial charge < -0.3 is 24.4 Å². The number of carbonyl (C=O) groups excluding carboxylic acids is 1. The van der Waals surface area contributed by atoms with Crippen LogP contribution in [0.2, 0.25) is 0 Å². The molecular formula is C17H24N2O4. The molecule has 0 radical (unpaired) electrons. The van der Waals surface area contributed by atoms with Gasteiger partial charge in [-0.2, -0.15) is 0 Å². The molecule has 1 atom stereocenters. The van der Waals surface area contributed by atoms with E-state index in [1.807, 2.05) is 36.1 Å². The smallest absolute Gasteiger partial charge is 0.260 e. The molecule has 1 amide bonds. The summed E-state index contributed by atoms with van der Waals surface area (Å²) in [6.07, 6.45) is 0. The van der Waals surface area contributed by atoms with Crippen LogP contribution in [0.25, 0.3) is 0 Å². The van der Waals surface area contributed by atoms with Crippen LogP contribution in [0, 0.1) is 6.92 Å². The summed E-state index contributed by atoms with van der Waals surface area (Å²) in [6.45, 7) is 6.39. The Balaban J connectivity index is 1.57. The fourth-order valence-electron chi connectivity index (χ4n) is 2.97. The molecule has 0 aliphatic carbocycles. The van der Waals surface area contributed by atoms with Crippen LogP contribution in [0.3, 0.4) is 0 Å². The van der Waals surface area contributed by atoms with Crippen LogP contribution in [0.5, 0.6) is 5.75 Å². The molecule has 3 rings (SSSR count). The largest absolute Gasteiger partial charge is 0.484 e. The van der Waals surface area contributed by atoms with E-state index in [4.69, 9.17) is 14.2 Å². The first-order chi connectivity index (χ1) is 11.2. The van der Waals surface area contributed by atoms with E-state index in [1.165, 1.54) is 0 Å². The summed E-state index contributed by atoms with van der Waals surface area (Å²) in [7, 11) is 0. The van der Waals surface area contributed by atoms with E-state index in [-0.39, 0.29) is 12.5 Å². The third-order valence-electron chi connectivity index (χ3n) is 4.28. The number of nitrogens with zero attached hydrogens (tertiary/aromatic N) is 1. The van der Waals surface area contributed by atoms with Gasteiger partial charge in [0.1, 0.15) is 11.4 Å². The van der Waals surface area contributed by atoms with Gasteiger partial charge >= 0.3 is 0 Å². The van der Waals surface area contributed by atoms with Crippen molar-refractivity contribution in [3.63, 3.8) is 0 Å². The quantitative estimate of drug-likeness (QED) is 0.883. The van der Waals surface area contributed by atoms with Crippen LogP contribution in [-0.4, -0.2) is 69.0 Å². The Hall–Kier alpha value is -1.63. The minimum atomic E-state index is -0.437. The predicted octanol–water partition coefficient (Wildman–Crippen LogP) is 0.591. The third kappa shape index (κ3) is 4.02. The highest BCUT2D eigenvalue weighted by molar-refractivity contribution is 5.78. The van der Waals surface area contributed by atoms with Crippen molar-refractivity contribution in [3.05, 3.63) is 29.8 Å². The molecule has 0 unspecified atom stereocenters. The van der Waals surface area contributed by atoms with Crippen molar-refractivity contribution in [2.24, 2.45) is 0 Å². The summed E-state index contributed by atoms with van der Waals surface area (Å²) in [5.74, 6) is 0.739. The molecule has 6 heteroatoms. The first kappa shape index (κ1) is 16.2. The van der Waals surface area contributed by atoms with E-state index in [2.05, 4.69) is 5.32 Å². The first-order valence-electron chi connectivity index (χ1n) is 8.07. The maximum atomic E-state index is 12.5. The Morgan fingerprint density at radius 1 is 1.39 bits per heavy atom. The Labute approximate surface area is 136 Å². The van der Waals surface area contributed by atoms with Crippen molar-refractivity contribution in [1.82, 2.24) is 10.2 Å². The Kier molecular flexibility index (Phi) is 5.15. The summed E-state index contributed by atoms with van der Waals surface area (Å²) < 4.78 is 17.2. The van der Waals surface area contributed by atoms with E-state index < -0.39 is 5.60 Å². The fraction of sp³-hybridized carbons (Fsp3) is 0.588. The lowest BCUT2D eigenvalue weighted by molar-refractivity contribution is -0.159. The van der Waals surface area contributed by atoms with Crippen LogP contribution in [0.4, 0.5) is 0 Å². The molecule has 1 aromatic rings. The number of morpholine rings is 1. The molecule has 23 heavy (non-hydrogen) atoms. The van der Waals surface area contributed by atoms with Gasteiger partial charge in [0.15, 0.2) is 6.61 Å². The number of carbonyl (C=O) groups is 1. The standard InChI is InChI=1S/C17H24N2O4/c1-14-4-2-3-5-15(14)22-10-16(20)19-7-9-23-17(12-19)11-18-6-8-21-13-17/h2-5,18H,6-13H2,1H3/t17-/m0/s1. The normalized spacial score (nSPS) is 25.2. The van der Waals surface area contributed by atoms with Crippen molar-refractivity contribution in [1.29, 1.82) is 0 Å². The van der Waals surface area contributed by atoms with E-state index in [0.29, 0.717) is 39.5 Å². The number of hydrogen-bond acceptors (Lipinski definition) is 5. The molecule has 2 heterocycles. The van der Waals surface area contributed by atoms with Gasteiger partial charge in [-0.3, -0.25) is 4.79 Å². The molecule has 6 nitrogen and oxygen atoms in total. The summed E-state index contributed by atoms with van der Waals surface area (Å²) in [4.78, 5) is 14.3. The first-order valence-corrected chi connectivity index (χ1v) is 8.07. The Bertz CT molecular complexity index is 541. The summed E-state index contributed by atoms with van der Waals surface area (Å²) in [5.41, 5.74) is 0.590. The highest BCUT2D eigenvalue weighted by atomic mass is 16.5. The molecule has 1 aromatic carbocycles. The Morgan fingerprint density at radius 3 is 3.13 bits per heavy atom. The van der Waals surface area contributed by atoms with Crippen LogP contribution in [0.1, 0.15) is 5.56 Å². The lowest BCUT2D eigenvalue weighted by atomic mass is 10.0. The van der Waals surface area contributed by atoms with Crippen LogP contribution in [0.15, 0.2) is 24.3 Å². The molecule has 1 spiro atoms.